The molecular weight excluding hydrogens is 517 g/mol. The summed E-state index contributed by atoms with van der Waals surface area (Å²) in [6.45, 7) is 10.1. The van der Waals surface area contributed by atoms with Crippen molar-refractivity contribution in [2.24, 2.45) is 11.8 Å². The van der Waals surface area contributed by atoms with Crippen LogP contribution >= 0.6 is 0 Å². The molecule has 3 unspecified atom stereocenters. The molecule has 5 rings (SSSR count). The number of allylic oxidation sites excluding steroid dienone is 2. The zero-order valence-electron chi connectivity index (χ0n) is 24.6. The standard InChI is InChI=1S/C34H42FN3O3/c1-22-8-5-12-29(35)30(22)33(40)38-18-7-11-28(32(39)37-26-10-6-9-24(20-26)34(2,3)4)31(38)23-13-15-25(16-14-23)36-27-17-19-41-21-27/h5-6,8-10,12-13,15-16,20,23,27-28,31,36H,7,11,14,17-19,21H2,1-4H3,(H,37,39)/t23-,27?,28?,31?/m1/s1. The third-order valence-corrected chi connectivity index (χ3v) is 8.59. The van der Waals surface area contributed by atoms with Crippen LogP contribution in [0.3, 0.4) is 0 Å². The summed E-state index contributed by atoms with van der Waals surface area (Å²) in [5.41, 5.74) is 3.56. The summed E-state index contributed by atoms with van der Waals surface area (Å²) < 4.78 is 20.5. The summed E-state index contributed by atoms with van der Waals surface area (Å²) >= 11 is 0. The van der Waals surface area contributed by atoms with Crippen LogP contribution in [-0.2, 0) is 14.9 Å². The molecule has 0 bridgehead atoms. The predicted octanol–water partition coefficient (Wildman–Crippen LogP) is 6.13. The Morgan fingerprint density at radius 3 is 2.59 bits per heavy atom. The van der Waals surface area contributed by atoms with E-state index in [1.54, 1.807) is 24.0 Å². The van der Waals surface area contributed by atoms with Crippen LogP contribution in [0, 0.1) is 24.6 Å². The number of likely N-dealkylation sites (tertiary alicyclic amines) is 1. The van der Waals surface area contributed by atoms with Crippen LogP contribution in [0.25, 0.3) is 0 Å². The first kappa shape index (κ1) is 29.1. The summed E-state index contributed by atoms with van der Waals surface area (Å²) in [7, 11) is 0. The molecule has 4 atom stereocenters. The van der Waals surface area contributed by atoms with E-state index >= 15 is 0 Å². The molecular formula is C34H42FN3O3. The van der Waals surface area contributed by atoms with E-state index in [0.717, 1.165) is 30.0 Å². The molecule has 7 heteroatoms. The Hall–Kier alpha value is -3.45. The number of benzene rings is 2. The zero-order valence-corrected chi connectivity index (χ0v) is 24.6. The molecule has 2 saturated heterocycles. The van der Waals surface area contributed by atoms with Gasteiger partial charge in [-0.2, -0.15) is 0 Å². The number of amides is 2. The van der Waals surface area contributed by atoms with Gasteiger partial charge in [-0.1, -0.05) is 57.2 Å². The summed E-state index contributed by atoms with van der Waals surface area (Å²) in [6, 6.07) is 12.6. The van der Waals surface area contributed by atoms with Crippen molar-refractivity contribution in [3.05, 3.63) is 88.9 Å². The molecule has 2 aromatic carbocycles. The molecule has 6 nitrogen and oxygen atoms in total. The van der Waals surface area contributed by atoms with Gasteiger partial charge < -0.3 is 20.3 Å². The summed E-state index contributed by atoms with van der Waals surface area (Å²) in [6.07, 6.45) is 9.31. The van der Waals surface area contributed by atoms with Gasteiger partial charge in [-0.15, -0.1) is 0 Å². The Balaban J connectivity index is 1.42. The number of carbonyl (C=O) groups is 2. The largest absolute Gasteiger partial charge is 0.380 e. The molecule has 2 amide bonds. The topological polar surface area (TPSA) is 70.7 Å². The fourth-order valence-electron chi connectivity index (χ4n) is 6.30. The Labute approximate surface area is 243 Å². The van der Waals surface area contributed by atoms with Crippen molar-refractivity contribution in [1.29, 1.82) is 0 Å². The lowest BCUT2D eigenvalue weighted by atomic mass is 9.77. The maximum absolute atomic E-state index is 15.0. The summed E-state index contributed by atoms with van der Waals surface area (Å²) in [4.78, 5) is 29.6. The van der Waals surface area contributed by atoms with E-state index in [1.165, 1.54) is 6.07 Å². The third kappa shape index (κ3) is 6.56. The minimum atomic E-state index is -0.524. The molecule has 41 heavy (non-hydrogen) atoms. The SMILES string of the molecule is Cc1cccc(F)c1C(=O)N1CCCC(C(=O)Nc2cccc(C(C)(C)C)c2)C1[C@@H]1C=CC(NC2CCOC2)=CC1. The fraction of sp³-hybridized carbons (Fsp3) is 0.471. The summed E-state index contributed by atoms with van der Waals surface area (Å²) in [5.74, 6) is -1.48. The average molecular weight is 560 g/mol. The van der Waals surface area contributed by atoms with Crippen LogP contribution in [0.4, 0.5) is 10.1 Å². The van der Waals surface area contributed by atoms with E-state index in [2.05, 4.69) is 55.7 Å². The van der Waals surface area contributed by atoms with E-state index in [1.807, 2.05) is 18.2 Å². The smallest absolute Gasteiger partial charge is 0.257 e. The Morgan fingerprint density at radius 2 is 1.90 bits per heavy atom. The molecule has 0 saturated carbocycles. The first-order valence-corrected chi connectivity index (χ1v) is 14.8. The number of rotatable bonds is 6. The number of carbonyl (C=O) groups excluding carboxylic acids is 2. The van der Waals surface area contributed by atoms with E-state index in [-0.39, 0.29) is 28.7 Å². The minimum Gasteiger partial charge on any atom is -0.380 e. The van der Waals surface area contributed by atoms with Gasteiger partial charge in [0.05, 0.1) is 30.2 Å². The number of aryl methyl sites for hydroxylation is 1. The van der Waals surface area contributed by atoms with Crippen molar-refractivity contribution in [2.45, 2.75) is 70.9 Å². The maximum Gasteiger partial charge on any atom is 0.257 e. The molecule has 2 heterocycles. The van der Waals surface area contributed by atoms with Crippen molar-refractivity contribution in [3.8, 4) is 0 Å². The number of piperidine rings is 1. The monoisotopic (exact) mass is 559 g/mol. The van der Waals surface area contributed by atoms with Gasteiger partial charge in [0.2, 0.25) is 5.91 Å². The second-order valence-corrected chi connectivity index (χ2v) is 12.6. The third-order valence-electron chi connectivity index (χ3n) is 8.59. The van der Waals surface area contributed by atoms with Gasteiger partial charge >= 0.3 is 0 Å². The van der Waals surface area contributed by atoms with Crippen molar-refractivity contribution in [2.75, 3.05) is 25.1 Å². The molecule has 2 aliphatic heterocycles. The number of hydrogen-bond acceptors (Lipinski definition) is 4. The zero-order chi connectivity index (χ0) is 29.1. The van der Waals surface area contributed by atoms with Gasteiger partial charge in [0.1, 0.15) is 5.82 Å². The van der Waals surface area contributed by atoms with Crippen LogP contribution < -0.4 is 10.6 Å². The molecule has 1 aliphatic carbocycles. The highest BCUT2D eigenvalue weighted by atomic mass is 19.1. The van der Waals surface area contributed by atoms with Crippen LogP contribution in [0.1, 0.15) is 67.9 Å². The van der Waals surface area contributed by atoms with Gasteiger partial charge in [-0.3, -0.25) is 9.59 Å². The molecule has 2 N–H and O–H groups in total. The Kier molecular flexibility index (Phi) is 8.64. The second-order valence-electron chi connectivity index (χ2n) is 12.6. The summed E-state index contributed by atoms with van der Waals surface area (Å²) in [5, 5.41) is 6.70. The molecule has 0 aromatic heterocycles. The lowest BCUT2D eigenvalue weighted by molar-refractivity contribution is -0.123. The highest BCUT2D eigenvalue weighted by molar-refractivity contribution is 5.98. The number of nitrogens with one attached hydrogen (secondary N) is 2. The van der Waals surface area contributed by atoms with E-state index in [0.29, 0.717) is 44.0 Å². The van der Waals surface area contributed by atoms with Gasteiger partial charge in [-0.25, -0.2) is 4.39 Å². The first-order chi connectivity index (χ1) is 19.6. The van der Waals surface area contributed by atoms with E-state index in [9.17, 15) is 14.0 Å². The number of ether oxygens (including phenoxy) is 1. The molecule has 3 aliphatic rings. The number of nitrogens with zero attached hydrogens (tertiary/aromatic N) is 1. The normalized spacial score (nSPS) is 24.6. The second kappa shape index (κ2) is 12.2. The first-order valence-electron chi connectivity index (χ1n) is 14.8. The predicted molar refractivity (Wildman–Crippen MR) is 160 cm³/mol. The Bertz CT molecular complexity index is 1320. The quantitative estimate of drug-likeness (QED) is 0.447. The number of anilines is 1. The molecule has 0 radical (unpaired) electrons. The van der Waals surface area contributed by atoms with Crippen LogP contribution in [0.5, 0.6) is 0 Å². The molecule has 218 valence electrons. The van der Waals surface area contributed by atoms with Crippen LogP contribution in [-0.4, -0.2) is 48.6 Å². The lowest BCUT2D eigenvalue weighted by Gasteiger charge is -2.44. The maximum atomic E-state index is 15.0. The van der Waals surface area contributed by atoms with Crippen LogP contribution in [0.2, 0.25) is 0 Å². The van der Waals surface area contributed by atoms with Crippen molar-refractivity contribution in [3.63, 3.8) is 0 Å². The average Bonchev–Trinajstić information content (AvgIpc) is 3.46. The van der Waals surface area contributed by atoms with E-state index in [4.69, 9.17) is 4.74 Å². The van der Waals surface area contributed by atoms with Gasteiger partial charge in [0.25, 0.3) is 5.91 Å². The van der Waals surface area contributed by atoms with Crippen molar-refractivity contribution in [1.82, 2.24) is 10.2 Å². The van der Waals surface area contributed by atoms with E-state index < -0.39 is 17.8 Å². The van der Waals surface area contributed by atoms with Crippen molar-refractivity contribution < 1.29 is 18.7 Å². The van der Waals surface area contributed by atoms with Gasteiger partial charge in [-0.05, 0) is 73.4 Å². The van der Waals surface area contributed by atoms with Crippen LogP contribution in [0.15, 0.2) is 66.4 Å². The minimum absolute atomic E-state index is 0.0511. The molecule has 2 fully saturated rings. The Morgan fingerprint density at radius 1 is 1.10 bits per heavy atom. The van der Waals surface area contributed by atoms with Crippen molar-refractivity contribution >= 4 is 17.5 Å². The highest BCUT2D eigenvalue weighted by Gasteiger charge is 2.43. The lowest BCUT2D eigenvalue weighted by Crippen LogP contribution is -2.55. The molecule has 2 aromatic rings. The van der Waals surface area contributed by atoms with Gasteiger partial charge in [0.15, 0.2) is 0 Å². The number of halogens is 1. The highest BCUT2D eigenvalue weighted by Crippen LogP contribution is 2.36. The number of hydrogen-bond donors (Lipinski definition) is 2. The molecule has 0 spiro atoms. The fourth-order valence-corrected chi connectivity index (χ4v) is 6.30. The van der Waals surface area contributed by atoms with Gasteiger partial charge in [0, 0.05) is 30.5 Å².